The second kappa shape index (κ2) is 13.4. The lowest BCUT2D eigenvalue weighted by molar-refractivity contribution is 0.0639. The molecule has 1 aliphatic carbocycles. The highest BCUT2D eigenvalue weighted by Crippen LogP contribution is 2.51. The summed E-state index contributed by atoms with van der Waals surface area (Å²) in [6.45, 7) is 6.16. The molecule has 2 aliphatic heterocycles. The molecule has 11 nitrogen and oxygen atoms in total. The van der Waals surface area contributed by atoms with Gasteiger partial charge in [0.25, 0.3) is 0 Å². The Labute approximate surface area is 296 Å². The first-order valence-corrected chi connectivity index (χ1v) is 20.1. The Kier molecular flexibility index (Phi) is 8.95. The Morgan fingerprint density at radius 2 is 1.90 bits per heavy atom. The number of rotatable bonds is 10. The topological polar surface area (TPSA) is 136 Å². The van der Waals surface area contributed by atoms with Crippen LogP contribution in [0, 0.1) is 11.8 Å². The number of hydrogen-bond donors (Lipinski definition) is 1. The Hall–Kier alpha value is -3.78. The van der Waals surface area contributed by atoms with Crippen molar-refractivity contribution in [1.29, 1.82) is 0 Å². The van der Waals surface area contributed by atoms with Crippen molar-refractivity contribution in [2.75, 3.05) is 38.4 Å². The van der Waals surface area contributed by atoms with Crippen LogP contribution in [0.5, 0.6) is 0 Å². The first kappa shape index (κ1) is 33.4. The van der Waals surface area contributed by atoms with E-state index in [1.165, 1.54) is 5.56 Å². The standard InChI is InChI=1S/C37H43N7O4S2/c1-21(2)25-20-50(45,46)35-32(29-18-23-11-15-39-36(34(23)49-29)41-27-10-9-26-24(27)6-5-14-38-26)31(37-43-42-30(48-37)19-44(3)4)28(40-33(25)35)8-7-22-12-16-47-17-13-22/h5-6,11,14-15,18,21-22,25,27H,7-10,12-13,16-17,19-20H2,1-4H3,(H,39,41)/t25?,27-/m1/s1. The molecule has 0 saturated carbocycles. The van der Waals surface area contributed by atoms with Crippen molar-refractivity contribution in [3.8, 4) is 21.9 Å². The van der Waals surface area contributed by atoms with Gasteiger partial charge >= 0.3 is 0 Å². The van der Waals surface area contributed by atoms with Crippen LogP contribution in [0.15, 0.2) is 46.0 Å². The summed E-state index contributed by atoms with van der Waals surface area (Å²) in [6.07, 6.45) is 9.11. The highest BCUT2D eigenvalue weighted by Gasteiger charge is 2.43. The average Bonchev–Trinajstić information content (AvgIpc) is 3.89. The Morgan fingerprint density at radius 3 is 2.70 bits per heavy atom. The van der Waals surface area contributed by atoms with Crippen LogP contribution < -0.4 is 5.32 Å². The summed E-state index contributed by atoms with van der Waals surface area (Å²) in [4.78, 5) is 17.7. The van der Waals surface area contributed by atoms with Gasteiger partial charge in [0.15, 0.2) is 9.84 Å². The fourth-order valence-corrected chi connectivity index (χ4v) is 11.2. The molecule has 0 amide bonds. The van der Waals surface area contributed by atoms with E-state index in [-0.39, 0.29) is 23.6 Å². The second-order valence-electron chi connectivity index (χ2n) is 14.5. The maximum absolute atomic E-state index is 14.3. The highest BCUT2D eigenvalue weighted by molar-refractivity contribution is 7.92. The maximum Gasteiger partial charge on any atom is 0.250 e. The van der Waals surface area contributed by atoms with Crippen molar-refractivity contribution in [2.24, 2.45) is 11.8 Å². The van der Waals surface area contributed by atoms with Gasteiger partial charge in [-0.05, 0) is 93.6 Å². The van der Waals surface area contributed by atoms with Crippen LogP contribution in [0.2, 0.25) is 0 Å². The van der Waals surface area contributed by atoms with Crippen LogP contribution in [0.25, 0.3) is 32.0 Å². The number of nitrogens with one attached hydrogen (secondary N) is 1. The molecular weight excluding hydrogens is 671 g/mol. The van der Waals surface area contributed by atoms with Crippen LogP contribution >= 0.6 is 11.3 Å². The first-order valence-electron chi connectivity index (χ1n) is 17.6. The number of aryl methyl sites for hydroxylation is 2. The predicted molar refractivity (Wildman–Crippen MR) is 194 cm³/mol. The van der Waals surface area contributed by atoms with Crippen molar-refractivity contribution in [3.05, 3.63) is 65.2 Å². The molecule has 5 aromatic heterocycles. The van der Waals surface area contributed by atoms with Crippen molar-refractivity contribution < 1.29 is 17.6 Å². The molecular formula is C37H43N7O4S2. The third-order valence-electron chi connectivity index (χ3n) is 10.3. The number of thiophene rings is 1. The van der Waals surface area contributed by atoms with E-state index in [1.807, 2.05) is 43.5 Å². The molecule has 0 spiro atoms. The van der Waals surface area contributed by atoms with Gasteiger partial charge in [0, 0.05) is 47.7 Å². The number of fused-ring (bicyclic) bond motifs is 3. The van der Waals surface area contributed by atoms with Gasteiger partial charge in [-0.3, -0.25) is 9.97 Å². The molecule has 50 heavy (non-hydrogen) atoms. The molecule has 0 bridgehead atoms. The normalized spacial score (nSPS) is 20.2. The van der Waals surface area contributed by atoms with Gasteiger partial charge in [-0.2, -0.15) is 0 Å². The van der Waals surface area contributed by atoms with E-state index in [0.717, 1.165) is 77.5 Å². The van der Waals surface area contributed by atoms with Crippen molar-refractivity contribution in [2.45, 2.75) is 75.8 Å². The van der Waals surface area contributed by atoms with Crippen LogP contribution in [-0.2, 0) is 34.0 Å². The number of ether oxygens (including phenoxy) is 1. The lowest BCUT2D eigenvalue weighted by Gasteiger charge is -2.23. The van der Waals surface area contributed by atoms with Gasteiger partial charge in [-0.1, -0.05) is 19.9 Å². The van der Waals surface area contributed by atoms with Gasteiger partial charge in [0.05, 0.1) is 44.9 Å². The average molecular weight is 714 g/mol. The quantitative estimate of drug-likeness (QED) is 0.163. The monoisotopic (exact) mass is 713 g/mol. The summed E-state index contributed by atoms with van der Waals surface area (Å²) in [7, 11) is 0.211. The number of anilines is 1. The Bertz CT molecular complexity index is 2150. The van der Waals surface area contributed by atoms with E-state index in [9.17, 15) is 8.42 Å². The zero-order chi connectivity index (χ0) is 34.6. The number of nitrogens with zero attached hydrogens (tertiary/aromatic N) is 6. The van der Waals surface area contributed by atoms with E-state index in [0.29, 0.717) is 52.4 Å². The number of pyridine rings is 3. The van der Waals surface area contributed by atoms with E-state index in [1.54, 1.807) is 11.3 Å². The first-order chi connectivity index (χ1) is 24.2. The minimum atomic E-state index is -3.68. The summed E-state index contributed by atoms with van der Waals surface area (Å²) in [5, 5.41) is 13.6. The van der Waals surface area contributed by atoms with Crippen LogP contribution in [-0.4, -0.2) is 71.5 Å². The van der Waals surface area contributed by atoms with Crippen molar-refractivity contribution >= 4 is 37.1 Å². The molecule has 1 N–H and O–H groups in total. The predicted octanol–water partition coefficient (Wildman–Crippen LogP) is 6.85. The van der Waals surface area contributed by atoms with Gasteiger partial charge in [-0.25, -0.2) is 13.4 Å². The lowest BCUT2D eigenvalue weighted by atomic mass is 9.89. The largest absolute Gasteiger partial charge is 0.419 e. The molecule has 13 heteroatoms. The van der Waals surface area contributed by atoms with Gasteiger partial charge < -0.3 is 19.4 Å². The van der Waals surface area contributed by atoms with E-state index in [2.05, 4.69) is 46.5 Å². The lowest BCUT2D eigenvalue weighted by Crippen LogP contribution is -2.17. The third kappa shape index (κ3) is 6.22. The summed E-state index contributed by atoms with van der Waals surface area (Å²) in [6, 6.07) is 8.29. The van der Waals surface area contributed by atoms with E-state index < -0.39 is 9.84 Å². The molecule has 3 aliphatic rings. The smallest absolute Gasteiger partial charge is 0.250 e. The molecule has 262 valence electrons. The SMILES string of the molecule is CC(C)C1CS(=O)(=O)c2c1nc(CCC1CCOCC1)c(-c1nnc(CN(C)C)o1)c2-c1cc2ccnc(N[C@@H]3CCc4ncccc43)c2s1. The molecule has 5 aromatic rings. The highest BCUT2D eigenvalue weighted by atomic mass is 32.2. The van der Waals surface area contributed by atoms with Crippen molar-refractivity contribution in [1.82, 2.24) is 30.0 Å². The van der Waals surface area contributed by atoms with E-state index in [4.69, 9.17) is 19.1 Å². The van der Waals surface area contributed by atoms with Crippen LogP contribution in [0.1, 0.15) is 80.0 Å². The minimum absolute atomic E-state index is 0.0347. The fourth-order valence-electron chi connectivity index (χ4n) is 7.74. The van der Waals surface area contributed by atoms with Gasteiger partial charge in [0.2, 0.25) is 11.8 Å². The molecule has 0 aromatic carbocycles. The summed E-state index contributed by atoms with van der Waals surface area (Å²) in [5.41, 5.74) is 5.05. The molecule has 8 rings (SSSR count). The van der Waals surface area contributed by atoms with Gasteiger partial charge in [-0.15, -0.1) is 21.5 Å². The summed E-state index contributed by atoms with van der Waals surface area (Å²) < 4.78 is 41.5. The molecule has 1 unspecified atom stereocenters. The molecule has 1 saturated heterocycles. The number of sulfone groups is 1. The zero-order valence-corrected chi connectivity index (χ0v) is 30.6. The summed E-state index contributed by atoms with van der Waals surface area (Å²) >= 11 is 1.55. The minimum Gasteiger partial charge on any atom is -0.419 e. The molecule has 2 atom stereocenters. The zero-order valence-electron chi connectivity index (χ0n) is 29.0. The molecule has 0 radical (unpaired) electrons. The number of hydrogen-bond acceptors (Lipinski definition) is 12. The Morgan fingerprint density at radius 1 is 1.06 bits per heavy atom. The molecule has 7 heterocycles. The summed E-state index contributed by atoms with van der Waals surface area (Å²) in [5.74, 6) is 1.98. The van der Waals surface area contributed by atoms with E-state index >= 15 is 0 Å². The number of aromatic nitrogens is 5. The molecule has 1 fully saturated rings. The van der Waals surface area contributed by atoms with Crippen LogP contribution in [0.4, 0.5) is 5.82 Å². The Balaban J connectivity index is 1.32. The second-order valence-corrected chi connectivity index (χ2v) is 17.5. The van der Waals surface area contributed by atoms with Gasteiger partial charge in [0.1, 0.15) is 5.82 Å². The van der Waals surface area contributed by atoms with Crippen molar-refractivity contribution in [3.63, 3.8) is 0 Å². The third-order valence-corrected chi connectivity index (χ3v) is 13.4. The fraction of sp³-hybridized carbons (Fsp3) is 0.486. The maximum atomic E-state index is 14.3. The van der Waals surface area contributed by atoms with Crippen LogP contribution in [0.3, 0.4) is 0 Å².